The van der Waals surface area contributed by atoms with E-state index in [1.54, 1.807) is 12.1 Å². The van der Waals surface area contributed by atoms with E-state index < -0.39 is 0 Å². The summed E-state index contributed by atoms with van der Waals surface area (Å²) in [7, 11) is 0. The van der Waals surface area contributed by atoms with Gasteiger partial charge in [0.25, 0.3) is 5.56 Å². The van der Waals surface area contributed by atoms with Crippen LogP contribution in [0, 0.1) is 5.82 Å². The average molecular weight is 391 g/mol. The number of hydrogen-bond donors (Lipinski definition) is 1. The number of aromatic amines is 1. The SMILES string of the molecule is O=c1[nH]c2cc(CN3CCC(c4ccc(F)cc4)CC3)ccc2c2c1CCCC2. The van der Waals surface area contributed by atoms with E-state index >= 15 is 0 Å². The minimum Gasteiger partial charge on any atom is -0.322 e. The Morgan fingerprint density at radius 2 is 1.69 bits per heavy atom. The van der Waals surface area contributed by atoms with Crippen LogP contribution in [0.4, 0.5) is 4.39 Å². The van der Waals surface area contributed by atoms with Crippen molar-refractivity contribution in [1.82, 2.24) is 9.88 Å². The number of rotatable bonds is 3. The monoisotopic (exact) mass is 390 g/mol. The Morgan fingerprint density at radius 3 is 2.45 bits per heavy atom. The van der Waals surface area contributed by atoms with Crippen molar-refractivity contribution in [3.05, 3.63) is 80.9 Å². The molecule has 0 atom stereocenters. The highest BCUT2D eigenvalue weighted by Gasteiger charge is 2.21. The molecule has 150 valence electrons. The van der Waals surface area contributed by atoms with Crippen LogP contribution in [0.1, 0.15) is 53.9 Å². The lowest BCUT2D eigenvalue weighted by atomic mass is 9.89. The van der Waals surface area contributed by atoms with Crippen molar-refractivity contribution >= 4 is 10.9 Å². The zero-order valence-electron chi connectivity index (χ0n) is 16.7. The molecular weight excluding hydrogens is 363 g/mol. The topological polar surface area (TPSA) is 36.1 Å². The molecule has 1 aliphatic heterocycles. The molecule has 2 aliphatic rings. The number of nitrogens with one attached hydrogen (secondary N) is 1. The smallest absolute Gasteiger partial charge is 0.251 e. The van der Waals surface area contributed by atoms with E-state index in [1.165, 1.54) is 28.5 Å². The molecule has 2 heterocycles. The van der Waals surface area contributed by atoms with Crippen molar-refractivity contribution in [1.29, 1.82) is 0 Å². The second-order valence-electron chi connectivity index (χ2n) is 8.60. The Bertz CT molecular complexity index is 1080. The zero-order valence-corrected chi connectivity index (χ0v) is 16.7. The van der Waals surface area contributed by atoms with Crippen molar-refractivity contribution in [2.24, 2.45) is 0 Å². The number of benzene rings is 2. The molecule has 1 N–H and O–H groups in total. The van der Waals surface area contributed by atoms with E-state index in [0.29, 0.717) is 5.92 Å². The van der Waals surface area contributed by atoms with Crippen LogP contribution >= 0.6 is 0 Å². The van der Waals surface area contributed by atoms with Crippen molar-refractivity contribution in [3.8, 4) is 0 Å². The summed E-state index contributed by atoms with van der Waals surface area (Å²) in [5.41, 5.74) is 5.85. The third-order valence-electron chi connectivity index (χ3n) is 6.73. The number of fused-ring (bicyclic) bond motifs is 3. The van der Waals surface area contributed by atoms with Gasteiger partial charge in [-0.05, 0) is 92.4 Å². The summed E-state index contributed by atoms with van der Waals surface area (Å²) in [5, 5.41) is 1.22. The minimum atomic E-state index is -0.165. The van der Waals surface area contributed by atoms with Gasteiger partial charge in [-0.25, -0.2) is 4.39 Å². The Labute approximate surface area is 170 Å². The molecular formula is C25H27FN2O. The van der Waals surface area contributed by atoms with Crippen LogP contribution < -0.4 is 5.56 Å². The Hall–Kier alpha value is -2.46. The molecule has 1 saturated heterocycles. The van der Waals surface area contributed by atoms with Crippen LogP contribution in [-0.2, 0) is 19.4 Å². The lowest BCUT2D eigenvalue weighted by Gasteiger charge is -2.32. The van der Waals surface area contributed by atoms with Crippen LogP contribution in [0.25, 0.3) is 10.9 Å². The molecule has 0 spiro atoms. The van der Waals surface area contributed by atoms with Crippen LogP contribution in [-0.4, -0.2) is 23.0 Å². The molecule has 0 amide bonds. The molecule has 0 radical (unpaired) electrons. The van der Waals surface area contributed by atoms with Gasteiger partial charge in [0.15, 0.2) is 0 Å². The number of halogens is 1. The first-order valence-corrected chi connectivity index (χ1v) is 10.8. The molecule has 5 rings (SSSR count). The molecule has 1 fully saturated rings. The molecule has 0 unspecified atom stereocenters. The predicted molar refractivity (Wildman–Crippen MR) is 115 cm³/mol. The van der Waals surface area contributed by atoms with Gasteiger partial charge >= 0.3 is 0 Å². The van der Waals surface area contributed by atoms with Gasteiger partial charge in [0, 0.05) is 23.0 Å². The number of nitrogens with zero attached hydrogens (tertiary/aromatic N) is 1. The largest absolute Gasteiger partial charge is 0.322 e. The van der Waals surface area contributed by atoms with Gasteiger partial charge in [0.05, 0.1) is 0 Å². The molecule has 3 aromatic rings. The Morgan fingerprint density at radius 1 is 0.966 bits per heavy atom. The maximum absolute atomic E-state index is 13.2. The highest BCUT2D eigenvalue weighted by Crippen LogP contribution is 2.30. The highest BCUT2D eigenvalue weighted by atomic mass is 19.1. The number of pyridine rings is 1. The van der Waals surface area contributed by atoms with Gasteiger partial charge in [-0.1, -0.05) is 24.3 Å². The summed E-state index contributed by atoms with van der Waals surface area (Å²) in [4.78, 5) is 18.1. The fourth-order valence-corrected chi connectivity index (χ4v) is 5.12. The van der Waals surface area contributed by atoms with E-state index in [-0.39, 0.29) is 11.4 Å². The Kier molecular flexibility index (Phi) is 4.96. The normalized spacial score (nSPS) is 18.1. The third-order valence-corrected chi connectivity index (χ3v) is 6.73. The molecule has 1 aliphatic carbocycles. The van der Waals surface area contributed by atoms with Gasteiger partial charge < -0.3 is 4.98 Å². The van der Waals surface area contributed by atoms with Gasteiger partial charge in [-0.15, -0.1) is 0 Å². The lowest BCUT2D eigenvalue weighted by molar-refractivity contribution is 0.204. The van der Waals surface area contributed by atoms with Gasteiger partial charge in [0.2, 0.25) is 0 Å². The number of H-pyrrole nitrogens is 1. The van der Waals surface area contributed by atoms with Gasteiger partial charge in [-0.3, -0.25) is 9.69 Å². The molecule has 0 bridgehead atoms. The third kappa shape index (κ3) is 3.74. The summed E-state index contributed by atoms with van der Waals surface area (Å²) in [5.74, 6) is 0.355. The second-order valence-corrected chi connectivity index (χ2v) is 8.60. The first kappa shape index (κ1) is 18.6. The zero-order chi connectivity index (χ0) is 19.8. The van der Waals surface area contributed by atoms with Crippen molar-refractivity contribution in [2.45, 2.75) is 51.0 Å². The molecule has 2 aromatic carbocycles. The van der Waals surface area contributed by atoms with Gasteiger partial charge in [0.1, 0.15) is 5.82 Å². The molecule has 29 heavy (non-hydrogen) atoms. The fraction of sp³-hybridized carbons (Fsp3) is 0.400. The molecule has 1 aromatic heterocycles. The van der Waals surface area contributed by atoms with Crippen LogP contribution in [0.2, 0.25) is 0 Å². The lowest BCUT2D eigenvalue weighted by Crippen LogP contribution is -2.32. The summed E-state index contributed by atoms with van der Waals surface area (Å²) in [6.07, 6.45) is 6.42. The summed E-state index contributed by atoms with van der Waals surface area (Å²) >= 11 is 0. The minimum absolute atomic E-state index is 0.101. The van der Waals surface area contributed by atoms with Crippen LogP contribution in [0.5, 0.6) is 0 Å². The van der Waals surface area contributed by atoms with Crippen LogP contribution in [0.3, 0.4) is 0 Å². The standard InChI is InChI=1S/C25H27FN2O/c26-20-8-6-18(7-9-20)19-11-13-28(14-12-19)16-17-5-10-22-21-3-1-2-4-23(21)25(29)27-24(22)15-17/h5-10,15,19H,1-4,11-14,16H2,(H,27,29). The maximum atomic E-state index is 13.2. The van der Waals surface area contributed by atoms with E-state index in [4.69, 9.17) is 0 Å². The first-order chi connectivity index (χ1) is 14.2. The van der Waals surface area contributed by atoms with E-state index in [9.17, 15) is 9.18 Å². The van der Waals surface area contributed by atoms with E-state index in [0.717, 1.165) is 62.8 Å². The van der Waals surface area contributed by atoms with E-state index in [2.05, 4.69) is 28.1 Å². The number of piperidine rings is 1. The summed E-state index contributed by atoms with van der Waals surface area (Å²) < 4.78 is 13.2. The average Bonchev–Trinajstić information content (AvgIpc) is 2.75. The molecule has 3 nitrogen and oxygen atoms in total. The maximum Gasteiger partial charge on any atom is 0.251 e. The van der Waals surface area contributed by atoms with Crippen molar-refractivity contribution in [2.75, 3.05) is 13.1 Å². The Balaban J connectivity index is 1.30. The molecule has 4 heteroatoms. The van der Waals surface area contributed by atoms with Crippen molar-refractivity contribution < 1.29 is 4.39 Å². The quantitative estimate of drug-likeness (QED) is 0.689. The summed E-state index contributed by atoms with van der Waals surface area (Å²) in [6, 6.07) is 13.6. The predicted octanol–water partition coefficient (Wildman–Crippen LogP) is 4.93. The van der Waals surface area contributed by atoms with Crippen LogP contribution in [0.15, 0.2) is 47.3 Å². The number of aryl methyl sites for hydroxylation is 1. The fourth-order valence-electron chi connectivity index (χ4n) is 5.12. The first-order valence-electron chi connectivity index (χ1n) is 10.8. The number of aromatic nitrogens is 1. The second kappa shape index (κ2) is 7.75. The van der Waals surface area contributed by atoms with Gasteiger partial charge in [-0.2, -0.15) is 0 Å². The number of hydrogen-bond acceptors (Lipinski definition) is 2. The summed E-state index contributed by atoms with van der Waals surface area (Å²) in [6.45, 7) is 2.99. The van der Waals surface area contributed by atoms with E-state index in [1.807, 2.05) is 12.1 Å². The highest BCUT2D eigenvalue weighted by molar-refractivity contribution is 5.84. The molecule has 0 saturated carbocycles. The number of likely N-dealkylation sites (tertiary alicyclic amines) is 1. The van der Waals surface area contributed by atoms with Crippen molar-refractivity contribution in [3.63, 3.8) is 0 Å².